The largest absolute Gasteiger partial charge is 0.465 e. The molecule has 0 aromatic heterocycles. The van der Waals surface area contributed by atoms with Gasteiger partial charge in [-0.3, -0.25) is 9.69 Å². The molecule has 0 saturated carbocycles. The minimum absolute atomic E-state index is 0. The third-order valence-electron chi connectivity index (χ3n) is 7.30. The van der Waals surface area contributed by atoms with E-state index < -0.39 is 5.41 Å². The SMILES string of the molecule is CCOC(=O)C1(c2ccccc2)CCN(CC(c2ccccc2)N2CCN(C)CC2)CC1.Cl.Cl.Cl. The Hall–Kier alpha value is -1.34. The Balaban J connectivity index is 0.00000204. The summed E-state index contributed by atoms with van der Waals surface area (Å²) in [5.74, 6) is -0.0653. The molecule has 2 aliphatic rings. The zero-order valence-corrected chi connectivity index (χ0v) is 23.3. The van der Waals surface area contributed by atoms with Gasteiger partial charge in [-0.25, -0.2) is 0 Å². The number of rotatable bonds is 7. The van der Waals surface area contributed by atoms with Crippen molar-refractivity contribution in [2.45, 2.75) is 31.2 Å². The van der Waals surface area contributed by atoms with Gasteiger partial charge in [0.2, 0.25) is 0 Å². The molecule has 0 radical (unpaired) electrons. The van der Waals surface area contributed by atoms with Crippen molar-refractivity contribution in [2.75, 3.05) is 59.5 Å². The molecule has 2 fully saturated rings. The lowest BCUT2D eigenvalue weighted by Crippen LogP contribution is -2.52. The number of halogens is 3. The van der Waals surface area contributed by atoms with Crippen LogP contribution in [-0.4, -0.2) is 80.1 Å². The molecule has 196 valence electrons. The standard InChI is InChI=1S/C27H37N3O2.3ClH/c1-3-32-26(31)27(24-12-8-5-9-13-24)14-16-29(17-15-27)22-25(23-10-6-4-7-11-23)30-20-18-28(2)19-21-30;;;/h4-13,25H,3,14-22H2,1-2H3;3*1H. The van der Waals surface area contributed by atoms with Gasteiger partial charge >= 0.3 is 5.97 Å². The van der Waals surface area contributed by atoms with Gasteiger partial charge in [0.1, 0.15) is 0 Å². The normalized spacial score (nSPS) is 19.4. The van der Waals surface area contributed by atoms with E-state index in [4.69, 9.17) is 4.74 Å². The summed E-state index contributed by atoms with van der Waals surface area (Å²) in [6.45, 7) is 9.56. The van der Waals surface area contributed by atoms with Crippen molar-refractivity contribution in [1.29, 1.82) is 0 Å². The minimum Gasteiger partial charge on any atom is -0.465 e. The second kappa shape index (κ2) is 15.0. The van der Waals surface area contributed by atoms with Gasteiger partial charge in [-0.1, -0.05) is 60.7 Å². The fourth-order valence-corrected chi connectivity index (χ4v) is 5.24. The number of hydrogen-bond donors (Lipinski definition) is 0. The quantitative estimate of drug-likeness (QED) is 0.466. The number of hydrogen-bond acceptors (Lipinski definition) is 5. The van der Waals surface area contributed by atoms with Crippen molar-refractivity contribution in [3.05, 3.63) is 71.8 Å². The van der Waals surface area contributed by atoms with E-state index in [0.717, 1.165) is 64.2 Å². The zero-order valence-electron chi connectivity index (χ0n) is 20.8. The number of piperidine rings is 1. The van der Waals surface area contributed by atoms with Crippen LogP contribution in [0.2, 0.25) is 0 Å². The van der Waals surface area contributed by atoms with Gasteiger partial charge in [0.05, 0.1) is 12.0 Å². The van der Waals surface area contributed by atoms with Crippen LogP contribution in [0.5, 0.6) is 0 Å². The Morgan fingerprint density at radius 3 is 1.94 bits per heavy atom. The third-order valence-corrected chi connectivity index (χ3v) is 7.30. The van der Waals surface area contributed by atoms with Gasteiger partial charge in [0, 0.05) is 38.8 Å². The number of piperazine rings is 1. The Bertz CT molecular complexity index is 856. The third kappa shape index (κ3) is 7.58. The van der Waals surface area contributed by atoms with Gasteiger partial charge in [-0.2, -0.15) is 0 Å². The molecule has 2 aliphatic heterocycles. The van der Waals surface area contributed by atoms with Gasteiger partial charge in [0.15, 0.2) is 0 Å². The molecular weight excluding hydrogens is 505 g/mol. The first-order chi connectivity index (χ1) is 15.6. The lowest BCUT2D eigenvalue weighted by Gasteiger charge is -2.44. The van der Waals surface area contributed by atoms with E-state index in [1.807, 2.05) is 25.1 Å². The molecule has 2 aromatic rings. The molecule has 4 rings (SSSR count). The second-order valence-electron chi connectivity index (χ2n) is 9.23. The molecule has 0 bridgehead atoms. The molecule has 1 atom stereocenters. The topological polar surface area (TPSA) is 36.0 Å². The van der Waals surface area contributed by atoms with E-state index in [2.05, 4.69) is 64.2 Å². The molecule has 0 N–H and O–H groups in total. The molecule has 1 unspecified atom stereocenters. The van der Waals surface area contributed by atoms with Gasteiger partial charge in [0.25, 0.3) is 0 Å². The van der Waals surface area contributed by atoms with Crippen molar-refractivity contribution < 1.29 is 9.53 Å². The predicted octanol–water partition coefficient (Wildman–Crippen LogP) is 4.84. The summed E-state index contributed by atoms with van der Waals surface area (Å²) in [7, 11) is 2.21. The molecule has 35 heavy (non-hydrogen) atoms. The second-order valence-corrected chi connectivity index (χ2v) is 9.23. The van der Waals surface area contributed by atoms with E-state index in [-0.39, 0.29) is 43.2 Å². The van der Waals surface area contributed by atoms with Crippen LogP contribution in [0.1, 0.15) is 36.9 Å². The fourth-order valence-electron chi connectivity index (χ4n) is 5.24. The van der Waals surface area contributed by atoms with Crippen molar-refractivity contribution in [1.82, 2.24) is 14.7 Å². The molecule has 8 heteroatoms. The summed E-state index contributed by atoms with van der Waals surface area (Å²) >= 11 is 0. The van der Waals surface area contributed by atoms with Crippen LogP contribution in [0, 0.1) is 0 Å². The first-order valence-electron chi connectivity index (χ1n) is 12.0. The van der Waals surface area contributed by atoms with E-state index in [1.54, 1.807) is 0 Å². The summed E-state index contributed by atoms with van der Waals surface area (Å²) in [6.07, 6.45) is 1.61. The van der Waals surface area contributed by atoms with E-state index in [0.29, 0.717) is 12.6 Å². The van der Waals surface area contributed by atoms with Crippen LogP contribution in [-0.2, 0) is 14.9 Å². The number of benzene rings is 2. The van der Waals surface area contributed by atoms with Crippen molar-refractivity contribution in [3.8, 4) is 0 Å². The monoisotopic (exact) mass is 543 g/mol. The van der Waals surface area contributed by atoms with Crippen molar-refractivity contribution in [3.63, 3.8) is 0 Å². The highest BCUT2D eigenvalue weighted by molar-refractivity contribution is 5.86. The van der Waals surface area contributed by atoms with Crippen LogP contribution in [0.3, 0.4) is 0 Å². The van der Waals surface area contributed by atoms with Crippen LogP contribution < -0.4 is 0 Å². The average molecular weight is 545 g/mol. The summed E-state index contributed by atoms with van der Waals surface area (Å²) in [6, 6.07) is 21.6. The Morgan fingerprint density at radius 2 is 1.40 bits per heavy atom. The van der Waals surface area contributed by atoms with Gasteiger partial charge in [-0.15, -0.1) is 37.2 Å². The average Bonchev–Trinajstić information content (AvgIpc) is 2.85. The molecular formula is C27H40Cl3N3O2. The van der Waals surface area contributed by atoms with Crippen LogP contribution in [0.15, 0.2) is 60.7 Å². The smallest absolute Gasteiger partial charge is 0.316 e. The number of likely N-dealkylation sites (tertiary alicyclic amines) is 1. The summed E-state index contributed by atoms with van der Waals surface area (Å²) in [4.78, 5) is 20.7. The zero-order chi connectivity index (χ0) is 22.4. The number of likely N-dealkylation sites (N-methyl/N-ethyl adjacent to an activating group) is 1. The molecule has 2 heterocycles. The van der Waals surface area contributed by atoms with Gasteiger partial charge < -0.3 is 14.5 Å². The van der Waals surface area contributed by atoms with E-state index in [9.17, 15) is 4.79 Å². The maximum atomic E-state index is 13.1. The molecule has 5 nitrogen and oxygen atoms in total. The summed E-state index contributed by atoms with van der Waals surface area (Å²) < 4.78 is 5.56. The summed E-state index contributed by atoms with van der Waals surface area (Å²) in [5, 5.41) is 0. The highest BCUT2D eigenvalue weighted by Gasteiger charge is 2.44. The fraction of sp³-hybridized carbons (Fsp3) is 0.519. The number of nitrogens with zero attached hydrogens (tertiary/aromatic N) is 3. The van der Waals surface area contributed by atoms with E-state index in [1.165, 1.54) is 5.56 Å². The first kappa shape index (κ1) is 31.7. The molecule has 0 spiro atoms. The Morgan fingerprint density at radius 1 is 0.857 bits per heavy atom. The van der Waals surface area contributed by atoms with Crippen LogP contribution >= 0.6 is 37.2 Å². The molecule has 0 aliphatic carbocycles. The van der Waals surface area contributed by atoms with E-state index >= 15 is 0 Å². The molecule has 2 aromatic carbocycles. The number of esters is 1. The summed E-state index contributed by atoms with van der Waals surface area (Å²) in [5.41, 5.74) is 1.96. The highest BCUT2D eigenvalue weighted by atomic mass is 35.5. The van der Waals surface area contributed by atoms with Crippen LogP contribution in [0.4, 0.5) is 0 Å². The molecule has 0 amide bonds. The minimum atomic E-state index is -0.524. The predicted molar refractivity (Wildman–Crippen MR) is 150 cm³/mol. The Kier molecular flexibility index (Phi) is 13.6. The van der Waals surface area contributed by atoms with Gasteiger partial charge in [-0.05, 0) is 51.0 Å². The maximum Gasteiger partial charge on any atom is 0.316 e. The first-order valence-corrected chi connectivity index (χ1v) is 12.0. The maximum absolute atomic E-state index is 13.1. The number of carbonyl (C=O) groups excluding carboxylic acids is 1. The number of ether oxygens (including phenoxy) is 1. The highest BCUT2D eigenvalue weighted by Crippen LogP contribution is 2.38. The lowest BCUT2D eigenvalue weighted by atomic mass is 9.72. The van der Waals surface area contributed by atoms with Crippen LogP contribution in [0.25, 0.3) is 0 Å². The Labute approximate surface area is 229 Å². The van der Waals surface area contributed by atoms with Crippen molar-refractivity contribution in [2.24, 2.45) is 0 Å². The lowest BCUT2D eigenvalue weighted by molar-refractivity contribution is -0.152. The number of carbonyl (C=O) groups is 1. The molecule has 2 saturated heterocycles. The van der Waals surface area contributed by atoms with Crippen molar-refractivity contribution >= 4 is 43.2 Å².